The summed E-state index contributed by atoms with van der Waals surface area (Å²) in [5.74, 6) is -0.893. The van der Waals surface area contributed by atoms with Crippen molar-refractivity contribution < 1.29 is 22.7 Å². The zero-order valence-corrected chi connectivity index (χ0v) is 14.7. The number of carbonyl (C=O) groups is 2. The van der Waals surface area contributed by atoms with Gasteiger partial charge in [-0.05, 0) is 29.6 Å². The van der Waals surface area contributed by atoms with Gasteiger partial charge in [0.2, 0.25) is 5.91 Å². The molecule has 0 saturated carbocycles. The molecule has 1 heterocycles. The van der Waals surface area contributed by atoms with Crippen molar-refractivity contribution in [3.05, 3.63) is 40.6 Å². The number of hydrogen-bond donors (Lipinski definition) is 2. The number of rotatable bonds is 6. The van der Waals surface area contributed by atoms with Crippen LogP contribution >= 0.6 is 11.3 Å². The molecule has 0 radical (unpaired) electrons. The first-order chi connectivity index (χ1) is 11.4. The van der Waals surface area contributed by atoms with Gasteiger partial charge in [0.1, 0.15) is 9.77 Å². The third kappa shape index (κ3) is 4.12. The van der Waals surface area contributed by atoms with Crippen molar-refractivity contribution >= 4 is 44.6 Å². The number of esters is 1. The molecule has 2 N–H and O–H groups in total. The fourth-order valence-corrected chi connectivity index (χ4v) is 4.26. The first kappa shape index (κ1) is 18.0. The summed E-state index contributed by atoms with van der Waals surface area (Å²) in [5, 5.41) is 4.14. The summed E-state index contributed by atoms with van der Waals surface area (Å²) in [5.41, 5.74) is 0.742. The number of amides is 1. The summed E-state index contributed by atoms with van der Waals surface area (Å²) in [7, 11) is -2.77. The van der Waals surface area contributed by atoms with Crippen molar-refractivity contribution in [2.24, 2.45) is 0 Å². The van der Waals surface area contributed by atoms with Gasteiger partial charge in [-0.1, -0.05) is 13.0 Å². The van der Waals surface area contributed by atoms with E-state index in [9.17, 15) is 18.0 Å². The van der Waals surface area contributed by atoms with E-state index in [1.165, 1.54) is 24.6 Å². The second-order valence-electron chi connectivity index (χ2n) is 4.69. The highest BCUT2D eigenvalue weighted by Crippen LogP contribution is 2.26. The van der Waals surface area contributed by atoms with Crippen molar-refractivity contribution in [3.8, 4) is 0 Å². The zero-order valence-electron chi connectivity index (χ0n) is 13.0. The Balaban J connectivity index is 2.27. The first-order valence-electron chi connectivity index (χ1n) is 6.96. The molecule has 2 rings (SSSR count). The van der Waals surface area contributed by atoms with Gasteiger partial charge in [0.25, 0.3) is 10.0 Å². The standard InChI is InChI=1S/C15H16N2O5S2/c1-3-13(18)16-10-5-4-6-11(9-10)17-24(20,21)12-7-8-23-14(12)15(19)22-2/h4-9,17H,3H2,1-2H3,(H,16,18). The highest BCUT2D eigenvalue weighted by atomic mass is 32.2. The second-order valence-corrected chi connectivity index (χ2v) is 7.26. The third-order valence-corrected chi connectivity index (χ3v) is 5.46. The molecule has 7 nitrogen and oxygen atoms in total. The van der Waals surface area contributed by atoms with E-state index < -0.39 is 16.0 Å². The average Bonchev–Trinajstić information content (AvgIpc) is 3.04. The van der Waals surface area contributed by atoms with Crippen molar-refractivity contribution in [1.29, 1.82) is 0 Å². The molecule has 0 atom stereocenters. The monoisotopic (exact) mass is 368 g/mol. The molecule has 24 heavy (non-hydrogen) atoms. The van der Waals surface area contributed by atoms with E-state index in [2.05, 4.69) is 14.8 Å². The van der Waals surface area contributed by atoms with E-state index in [-0.39, 0.29) is 21.4 Å². The van der Waals surface area contributed by atoms with Crippen LogP contribution in [0, 0.1) is 0 Å². The van der Waals surface area contributed by atoms with E-state index in [1.54, 1.807) is 25.1 Å². The number of methoxy groups -OCH3 is 1. The number of sulfonamides is 1. The zero-order chi connectivity index (χ0) is 17.7. The SMILES string of the molecule is CCC(=O)Nc1cccc(NS(=O)(=O)c2ccsc2C(=O)OC)c1. The molecular formula is C15H16N2O5S2. The van der Waals surface area contributed by atoms with Gasteiger partial charge in [-0.15, -0.1) is 11.3 Å². The van der Waals surface area contributed by atoms with Crippen molar-refractivity contribution in [3.63, 3.8) is 0 Å². The molecular weight excluding hydrogens is 352 g/mol. The van der Waals surface area contributed by atoms with E-state index in [1.807, 2.05) is 0 Å². The molecule has 0 spiro atoms. The number of ether oxygens (including phenoxy) is 1. The van der Waals surface area contributed by atoms with Gasteiger partial charge in [0, 0.05) is 12.1 Å². The third-order valence-electron chi connectivity index (χ3n) is 3.01. The van der Waals surface area contributed by atoms with Crippen LogP contribution in [-0.4, -0.2) is 27.4 Å². The van der Waals surface area contributed by atoms with Gasteiger partial charge >= 0.3 is 5.97 Å². The van der Waals surface area contributed by atoms with Gasteiger partial charge in [0.15, 0.2) is 0 Å². The summed E-state index contributed by atoms with van der Waals surface area (Å²) in [6, 6.07) is 7.63. The molecule has 0 bridgehead atoms. The van der Waals surface area contributed by atoms with Crippen LogP contribution in [0.3, 0.4) is 0 Å². The number of hydrogen-bond acceptors (Lipinski definition) is 6. The van der Waals surface area contributed by atoms with Crippen LogP contribution in [0.4, 0.5) is 11.4 Å². The molecule has 0 fully saturated rings. The maximum absolute atomic E-state index is 12.5. The van der Waals surface area contributed by atoms with Gasteiger partial charge in [-0.2, -0.15) is 0 Å². The second kappa shape index (κ2) is 7.45. The largest absolute Gasteiger partial charge is 0.465 e. The summed E-state index contributed by atoms with van der Waals surface area (Å²) in [4.78, 5) is 22.9. The van der Waals surface area contributed by atoms with Crippen LogP contribution in [-0.2, 0) is 19.6 Å². The fourth-order valence-electron chi connectivity index (χ4n) is 1.87. The molecule has 0 aliphatic carbocycles. The lowest BCUT2D eigenvalue weighted by atomic mass is 10.3. The average molecular weight is 368 g/mol. The van der Waals surface area contributed by atoms with Gasteiger partial charge in [0.05, 0.1) is 12.8 Å². The smallest absolute Gasteiger partial charge is 0.349 e. The minimum Gasteiger partial charge on any atom is -0.465 e. The van der Waals surface area contributed by atoms with Crippen LogP contribution in [0.15, 0.2) is 40.6 Å². The van der Waals surface area contributed by atoms with Crippen LogP contribution < -0.4 is 10.0 Å². The van der Waals surface area contributed by atoms with E-state index in [4.69, 9.17) is 0 Å². The Kier molecular flexibility index (Phi) is 5.58. The van der Waals surface area contributed by atoms with Crippen LogP contribution in [0.1, 0.15) is 23.0 Å². The van der Waals surface area contributed by atoms with Crippen molar-refractivity contribution in [2.75, 3.05) is 17.1 Å². The molecule has 128 valence electrons. The topological polar surface area (TPSA) is 102 Å². The molecule has 0 unspecified atom stereocenters. The minimum absolute atomic E-state index is 0.000408. The Bertz CT molecular complexity index is 858. The Labute approximate surface area is 143 Å². The summed E-state index contributed by atoms with van der Waals surface area (Å²) in [6.45, 7) is 1.72. The lowest BCUT2D eigenvalue weighted by molar-refractivity contribution is -0.115. The predicted molar refractivity (Wildman–Crippen MR) is 91.8 cm³/mol. The number of anilines is 2. The molecule has 1 aromatic carbocycles. The fraction of sp³-hybridized carbons (Fsp3) is 0.200. The van der Waals surface area contributed by atoms with Gasteiger partial charge < -0.3 is 10.1 Å². The Morgan fingerprint density at radius 2 is 1.92 bits per heavy atom. The van der Waals surface area contributed by atoms with Crippen LogP contribution in [0.25, 0.3) is 0 Å². The number of carbonyl (C=O) groups excluding carboxylic acids is 2. The molecule has 0 aliphatic heterocycles. The molecule has 0 aliphatic rings. The number of benzene rings is 1. The number of thiophene rings is 1. The summed E-state index contributed by atoms with van der Waals surface area (Å²) in [6.07, 6.45) is 0.313. The Morgan fingerprint density at radius 1 is 1.21 bits per heavy atom. The minimum atomic E-state index is -3.96. The predicted octanol–water partition coefficient (Wildman–Crippen LogP) is 2.68. The quantitative estimate of drug-likeness (QED) is 0.763. The van der Waals surface area contributed by atoms with Crippen molar-refractivity contribution in [2.45, 2.75) is 18.2 Å². The molecule has 0 saturated heterocycles. The molecule has 1 amide bonds. The lowest BCUT2D eigenvalue weighted by Crippen LogP contribution is -2.16. The number of nitrogens with one attached hydrogen (secondary N) is 2. The highest BCUT2D eigenvalue weighted by molar-refractivity contribution is 7.93. The van der Waals surface area contributed by atoms with Crippen LogP contribution in [0.5, 0.6) is 0 Å². The van der Waals surface area contributed by atoms with E-state index >= 15 is 0 Å². The first-order valence-corrected chi connectivity index (χ1v) is 9.32. The molecule has 9 heteroatoms. The maximum Gasteiger partial charge on any atom is 0.349 e. The Morgan fingerprint density at radius 3 is 2.58 bits per heavy atom. The van der Waals surface area contributed by atoms with Crippen LogP contribution in [0.2, 0.25) is 0 Å². The van der Waals surface area contributed by atoms with Gasteiger partial charge in [-0.25, -0.2) is 13.2 Å². The lowest BCUT2D eigenvalue weighted by Gasteiger charge is -2.10. The maximum atomic E-state index is 12.5. The summed E-state index contributed by atoms with van der Waals surface area (Å²) >= 11 is 0.983. The summed E-state index contributed by atoms with van der Waals surface area (Å²) < 4.78 is 32.0. The highest BCUT2D eigenvalue weighted by Gasteiger charge is 2.24. The van der Waals surface area contributed by atoms with Crippen molar-refractivity contribution in [1.82, 2.24) is 0 Å². The molecule has 2 aromatic rings. The van der Waals surface area contributed by atoms with Gasteiger partial charge in [-0.3, -0.25) is 9.52 Å². The van der Waals surface area contributed by atoms with E-state index in [0.29, 0.717) is 12.1 Å². The normalized spacial score (nSPS) is 10.9. The Hall–Kier alpha value is -2.39. The van der Waals surface area contributed by atoms with E-state index in [0.717, 1.165) is 11.3 Å². The molecule has 1 aromatic heterocycles.